The van der Waals surface area contributed by atoms with Gasteiger partial charge in [0.15, 0.2) is 0 Å². The highest BCUT2D eigenvalue weighted by Gasteiger charge is 2.19. The Morgan fingerprint density at radius 2 is 1.71 bits per heavy atom. The van der Waals surface area contributed by atoms with E-state index in [1.165, 1.54) is 11.6 Å². The summed E-state index contributed by atoms with van der Waals surface area (Å²) < 4.78 is 0. The molecule has 1 amide bonds. The summed E-state index contributed by atoms with van der Waals surface area (Å²) >= 11 is 0. The van der Waals surface area contributed by atoms with E-state index in [1.54, 1.807) is 6.08 Å². The number of amides is 1. The van der Waals surface area contributed by atoms with Crippen LogP contribution in [0.3, 0.4) is 0 Å². The number of nitrogens with one attached hydrogen (secondary N) is 1. The molecule has 1 atom stereocenters. The van der Waals surface area contributed by atoms with Gasteiger partial charge in [0.05, 0.1) is 0 Å². The van der Waals surface area contributed by atoms with Crippen molar-refractivity contribution in [2.24, 2.45) is 0 Å². The zero-order valence-corrected chi connectivity index (χ0v) is 13.6. The van der Waals surface area contributed by atoms with E-state index in [0.717, 1.165) is 17.5 Å². The standard InChI is InChI=1S/C20H21NO3/c1-2-15-8-10-16(11-9-15)12-13-19(22)21-18(20(23)24)14-17-6-4-3-5-7-17/h3-13,18H,2,14H2,1H3,(H,21,22)(H,23,24)/b13-12+. The molecule has 4 nitrogen and oxygen atoms in total. The summed E-state index contributed by atoms with van der Waals surface area (Å²) in [5.74, 6) is -1.47. The zero-order valence-electron chi connectivity index (χ0n) is 13.6. The molecule has 0 saturated heterocycles. The van der Waals surface area contributed by atoms with Crippen LogP contribution in [0.2, 0.25) is 0 Å². The van der Waals surface area contributed by atoms with Crippen LogP contribution in [-0.4, -0.2) is 23.0 Å². The molecule has 0 spiro atoms. The Bertz CT molecular complexity index is 705. The van der Waals surface area contributed by atoms with Crippen molar-refractivity contribution < 1.29 is 14.7 Å². The number of aryl methyl sites for hydroxylation is 1. The van der Waals surface area contributed by atoms with Crippen LogP contribution in [-0.2, 0) is 22.4 Å². The Balaban J connectivity index is 1.97. The van der Waals surface area contributed by atoms with Gasteiger partial charge in [-0.15, -0.1) is 0 Å². The molecule has 0 radical (unpaired) electrons. The minimum atomic E-state index is -1.05. The highest BCUT2D eigenvalue weighted by molar-refractivity contribution is 5.94. The molecular weight excluding hydrogens is 302 g/mol. The van der Waals surface area contributed by atoms with E-state index in [2.05, 4.69) is 12.2 Å². The summed E-state index contributed by atoms with van der Waals surface area (Å²) in [6, 6.07) is 16.2. The van der Waals surface area contributed by atoms with E-state index in [1.807, 2.05) is 54.6 Å². The highest BCUT2D eigenvalue weighted by atomic mass is 16.4. The number of benzene rings is 2. The quantitative estimate of drug-likeness (QED) is 0.770. The van der Waals surface area contributed by atoms with Crippen LogP contribution in [0.15, 0.2) is 60.7 Å². The number of hydrogen-bond acceptors (Lipinski definition) is 2. The highest BCUT2D eigenvalue weighted by Crippen LogP contribution is 2.07. The summed E-state index contributed by atoms with van der Waals surface area (Å²) in [4.78, 5) is 23.3. The molecule has 124 valence electrons. The van der Waals surface area contributed by atoms with Gasteiger partial charge in [-0.2, -0.15) is 0 Å². The molecule has 0 aliphatic rings. The molecule has 0 fully saturated rings. The van der Waals surface area contributed by atoms with Crippen molar-refractivity contribution in [1.29, 1.82) is 0 Å². The lowest BCUT2D eigenvalue weighted by Gasteiger charge is -2.13. The first-order chi connectivity index (χ1) is 11.6. The van der Waals surface area contributed by atoms with Crippen LogP contribution in [0, 0.1) is 0 Å². The van der Waals surface area contributed by atoms with Gasteiger partial charge < -0.3 is 10.4 Å². The number of carbonyl (C=O) groups excluding carboxylic acids is 1. The van der Waals surface area contributed by atoms with Gasteiger partial charge in [0.1, 0.15) is 6.04 Å². The average Bonchev–Trinajstić information content (AvgIpc) is 2.60. The van der Waals surface area contributed by atoms with E-state index >= 15 is 0 Å². The summed E-state index contributed by atoms with van der Waals surface area (Å²) in [7, 11) is 0. The minimum Gasteiger partial charge on any atom is -0.480 e. The summed E-state index contributed by atoms with van der Waals surface area (Å²) in [5.41, 5.74) is 2.99. The third kappa shape index (κ3) is 5.39. The molecule has 24 heavy (non-hydrogen) atoms. The third-order valence-electron chi connectivity index (χ3n) is 3.71. The van der Waals surface area contributed by atoms with Crippen LogP contribution in [0.25, 0.3) is 6.08 Å². The van der Waals surface area contributed by atoms with Gasteiger partial charge in [0.25, 0.3) is 0 Å². The number of aliphatic carboxylic acids is 1. The molecule has 4 heteroatoms. The topological polar surface area (TPSA) is 66.4 Å². The van der Waals surface area contributed by atoms with E-state index in [9.17, 15) is 14.7 Å². The van der Waals surface area contributed by atoms with Crippen molar-refractivity contribution in [1.82, 2.24) is 5.32 Å². The molecule has 2 rings (SSSR count). The maximum atomic E-state index is 12.0. The molecule has 1 unspecified atom stereocenters. The van der Waals surface area contributed by atoms with Crippen LogP contribution in [0.4, 0.5) is 0 Å². The first-order valence-electron chi connectivity index (χ1n) is 7.92. The minimum absolute atomic E-state index is 0.251. The van der Waals surface area contributed by atoms with Gasteiger partial charge in [-0.25, -0.2) is 4.79 Å². The Morgan fingerprint density at radius 3 is 2.29 bits per heavy atom. The van der Waals surface area contributed by atoms with Crippen LogP contribution in [0.1, 0.15) is 23.6 Å². The fraction of sp³-hybridized carbons (Fsp3) is 0.200. The summed E-state index contributed by atoms with van der Waals surface area (Å²) in [6.07, 6.45) is 4.25. The smallest absolute Gasteiger partial charge is 0.326 e. The third-order valence-corrected chi connectivity index (χ3v) is 3.71. The first-order valence-corrected chi connectivity index (χ1v) is 7.92. The lowest BCUT2D eigenvalue weighted by Crippen LogP contribution is -2.41. The zero-order chi connectivity index (χ0) is 17.4. The van der Waals surface area contributed by atoms with Crippen LogP contribution in [0.5, 0.6) is 0 Å². The Morgan fingerprint density at radius 1 is 1.04 bits per heavy atom. The molecule has 2 aromatic carbocycles. The van der Waals surface area contributed by atoms with Gasteiger partial charge in [-0.1, -0.05) is 61.5 Å². The Labute approximate surface area is 141 Å². The van der Waals surface area contributed by atoms with Crippen molar-refractivity contribution in [3.8, 4) is 0 Å². The molecule has 0 aliphatic carbocycles. The Hall–Kier alpha value is -2.88. The molecule has 2 N–H and O–H groups in total. The van der Waals surface area contributed by atoms with Crippen molar-refractivity contribution in [2.45, 2.75) is 25.8 Å². The van der Waals surface area contributed by atoms with E-state index in [0.29, 0.717) is 0 Å². The largest absolute Gasteiger partial charge is 0.480 e. The monoisotopic (exact) mass is 323 g/mol. The molecule has 0 aliphatic heterocycles. The molecule has 2 aromatic rings. The lowest BCUT2D eigenvalue weighted by molar-refractivity contribution is -0.141. The van der Waals surface area contributed by atoms with Crippen LogP contribution < -0.4 is 5.32 Å². The summed E-state index contributed by atoms with van der Waals surface area (Å²) in [5, 5.41) is 11.8. The normalized spacial score (nSPS) is 12.0. The Kier molecular flexibility index (Phi) is 6.32. The second-order valence-corrected chi connectivity index (χ2v) is 5.52. The van der Waals surface area contributed by atoms with Gasteiger partial charge >= 0.3 is 5.97 Å². The molecule has 0 aromatic heterocycles. The maximum Gasteiger partial charge on any atom is 0.326 e. The van der Waals surface area contributed by atoms with Crippen molar-refractivity contribution in [3.05, 3.63) is 77.4 Å². The first kappa shape index (κ1) is 17.5. The maximum absolute atomic E-state index is 12.0. The van der Waals surface area contributed by atoms with Gasteiger partial charge in [-0.3, -0.25) is 4.79 Å². The van der Waals surface area contributed by atoms with Crippen molar-refractivity contribution in [3.63, 3.8) is 0 Å². The molecule has 0 bridgehead atoms. The van der Waals surface area contributed by atoms with Gasteiger partial charge in [-0.05, 0) is 29.2 Å². The second-order valence-electron chi connectivity index (χ2n) is 5.52. The lowest BCUT2D eigenvalue weighted by atomic mass is 10.1. The number of rotatable bonds is 7. The fourth-order valence-corrected chi connectivity index (χ4v) is 2.31. The van der Waals surface area contributed by atoms with E-state index < -0.39 is 17.9 Å². The predicted molar refractivity (Wildman–Crippen MR) is 94.6 cm³/mol. The molecule has 0 saturated carbocycles. The SMILES string of the molecule is CCc1ccc(/C=C/C(=O)NC(Cc2ccccc2)C(=O)O)cc1. The van der Waals surface area contributed by atoms with Crippen LogP contribution >= 0.6 is 0 Å². The number of carbonyl (C=O) groups is 2. The second kappa shape index (κ2) is 8.67. The summed E-state index contributed by atoms with van der Waals surface area (Å²) in [6.45, 7) is 2.08. The average molecular weight is 323 g/mol. The predicted octanol–water partition coefficient (Wildman–Crippen LogP) is 3.07. The number of carboxylic acids is 1. The molecule has 0 heterocycles. The van der Waals surface area contributed by atoms with E-state index in [4.69, 9.17) is 0 Å². The van der Waals surface area contributed by atoms with Crippen molar-refractivity contribution in [2.75, 3.05) is 0 Å². The molecular formula is C20H21NO3. The van der Waals surface area contributed by atoms with E-state index in [-0.39, 0.29) is 6.42 Å². The van der Waals surface area contributed by atoms with Gasteiger partial charge in [0.2, 0.25) is 5.91 Å². The van der Waals surface area contributed by atoms with Crippen molar-refractivity contribution >= 4 is 18.0 Å². The fourth-order valence-electron chi connectivity index (χ4n) is 2.31. The van der Waals surface area contributed by atoms with Gasteiger partial charge in [0, 0.05) is 12.5 Å². The number of carboxylic acid groups (broad SMARTS) is 1. The number of hydrogen-bond donors (Lipinski definition) is 2.